The Kier molecular flexibility index (Phi) is 8.22. The molecule has 25 heavy (non-hydrogen) atoms. The van der Waals surface area contributed by atoms with E-state index in [1.807, 2.05) is 24.3 Å². The summed E-state index contributed by atoms with van der Waals surface area (Å²) in [7, 11) is 2.22. The lowest BCUT2D eigenvalue weighted by Gasteiger charge is -2.47. The average Bonchev–Trinajstić information content (AvgIpc) is 2.48. The van der Waals surface area contributed by atoms with Crippen molar-refractivity contribution in [3.8, 4) is 0 Å². The van der Waals surface area contributed by atoms with E-state index in [1.165, 1.54) is 19.3 Å². The van der Waals surface area contributed by atoms with Crippen LogP contribution in [0, 0.1) is 0 Å². The summed E-state index contributed by atoms with van der Waals surface area (Å²) in [5.74, 6) is -0.0764. The van der Waals surface area contributed by atoms with Gasteiger partial charge in [-0.25, -0.2) is 0 Å². The maximum Gasteiger partial charge on any atom is 0.244 e. The van der Waals surface area contributed by atoms with Gasteiger partial charge in [0.15, 0.2) is 0 Å². The van der Waals surface area contributed by atoms with Gasteiger partial charge in [0.05, 0.1) is 0 Å². The van der Waals surface area contributed by atoms with Gasteiger partial charge < -0.3 is 16.0 Å². The van der Waals surface area contributed by atoms with Crippen LogP contribution in [-0.4, -0.2) is 36.0 Å². The minimum absolute atomic E-state index is 0. The van der Waals surface area contributed by atoms with Crippen LogP contribution in [0.25, 0.3) is 0 Å². The summed E-state index contributed by atoms with van der Waals surface area (Å²) >= 11 is 3.42. The zero-order valence-corrected chi connectivity index (χ0v) is 17.9. The summed E-state index contributed by atoms with van der Waals surface area (Å²) in [5.41, 5.74) is 6.19. The van der Waals surface area contributed by atoms with Gasteiger partial charge in [0.25, 0.3) is 0 Å². The van der Waals surface area contributed by atoms with Crippen LogP contribution in [-0.2, 0) is 10.3 Å². The van der Waals surface area contributed by atoms with Gasteiger partial charge >= 0.3 is 0 Å². The molecule has 0 saturated carbocycles. The van der Waals surface area contributed by atoms with E-state index in [1.54, 1.807) is 6.92 Å². The molecule has 2 aliphatic rings. The minimum Gasteiger partial charge on any atom is -0.351 e. The number of benzene rings is 1. The highest BCUT2D eigenvalue weighted by Crippen LogP contribution is 2.33. The van der Waals surface area contributed by atoms with Crippen LogP contribution in [0.2, 0.25) is 0 Å². The minimum atomic E-state index is -1.00. The maximum atomic E-state index is 12.8. The molecule has 3 N–H and O–H groups in total. The molecule has 1 amide bonds. The van der Waals surface area contributed by atoms with Crippen molar-refractivity contribution in [1.29, 1.82) is 0 Å². The first-order chi connectivity index (χ1) is 10.9. The van der Waals surface area contributed by atoms with Gasteiger partial charge in [0.1, 0.15) is 5.54 Å². The van der Waals surface area contributed by atoms with Crippen molar-refractivity contribution in [3.05, 3.63) is 34.3 Å². The molecule has 2 fully saturated rings. The van der Waals surface area contributed by atoms with Crippen LogP contribution in [0.4, 0.5) is 0 Å². The van der Waals surface area contributed by atoms with E-state index < -0.39 is 5.54 Å². The van der Waals surface area contributed by atoms with Crippen molar-refractivity contribution in [2.45, 2.75) is 62.7 Å². The van der Waals surface area contributed by atoms with Crippen LogP contribution >= 0.6 is 40.7 Å². The van der Waals surface area contributed by atoms with E-state index in [9.17, 15) is 4.79 Å². The van der Waals surface area contributed by atoms with E-state index in [0.29, 0.717) is 12.1 Å². The Morgan fingerprint density at radius 2 is 1.72 bits per heavy atom. The molecule has 0 radical (unpaired) electrons. The highest BCUT2D eigenvalue weighted by molar-refractivity contribution is 9.10. The third kappa shape index (κ3) is 4.89. The second kappa shape index (κ2) is 9.05. The molecule has 0 spiro atoms. The molecule has 2 aliphatic heterocycles. The second-order valence-corrected chi connectivity index (χ2v) is 8.17. The maximum absolute atomic E-state index is 12.8. The topological polar surface area (TPSA) is 58.4 Å². The largest absolute Gasteiger partial charge is 0.351 e. The van der Waals surface area contributed by atoms with Crippen LogP contribution < -0.4 is 11.1 Å². The SMILES string of the molecule is CN1C2CCCC1CC(NC(=O)C(C)(N)c1ccc(Br)cc1)C2.Cl.Cl. The lowest BCUT2D eigenvalue weighted by atomic mass is 9.81. The summed E-state index contributed by atoms with van der Waals surface area (Å²) in [5, 5.41) is 3.22. The number of carbonyl (C=O) groups excluding carboxylic acids is 1. The Morgan fingerprint density at radius 3 is 2.24 bits per heavy atom. The summed E-state index contributed by atoms with van der Waals surface area (Å²) in [6.45, 7) is 1.79. The van der Waals surface area contributed by atoms with Crippen molar-refractivity contribution in [3.63, 3.8) is 0 Å². The summed E-state index contributed by atoms with van der Waals surface area (Å²) < 4.78 is 0.987. The van der Waals surface area contributed by atoms with Gasteiger partial charge in [-0.2, -0.15) is 0 Å². The van der Waals surface area contributed by atoms with E-state index in [2.05, 4.69) is 33.2 Å². The number of fused-ring (bicyclic) bond motifs is 2. The summed E-state index contributed by atoms with van der Waals surface area (Å²) in [6.07, 6.45) is 5.87. The molecule has 0 aliphatic carbocycles. The Morgan fingerprint density at radius 1 is 1.20 bits per heavy atom. The highest BCUT2D eigenvalue weighted by atomic mass is 79.9. The number of nitrogens with two attached hydrogens (primary N) is 1. The van der Waals surface area contributed by atoms with Crippen molar-refractivity contribution >= 4 is 46.7 Å². The number of hydrogen-bond donors (Lipinski definition) is 2. The molecule has 3 atom stereocenters. The van der Waals surface area contributed by atoms with Gasteiger partial charge in [-0.05, 0) is 57.4 Å². The van der Waals surface area contributed by atoms with Gasteiger partial charge in [0.2, 0.25) is 5.91 Å². The molecule has 3 unspecified atom stereocenters. The molecule has 142 valence electrons. The predicted molar refractivity (Wildman–Crippen MR) is 111 cm³/mol. The van der Waals surface area contributed by atoms with Crippen LogP contribution in [0.15, 0.2) is 28.7 Å². The molecule has 2 bridgehead atoms. The molecule has 7 heteroatoms. The van der Waals surface area contributed by atoms with E-state index in [0.717, 1.165) is 22.9 Å². The number of nitrogens with one attached hydrogen (secondary N) is 1. The lowest BCUT2D eigenvalue weighted by Crippen LogP contribution is -2.58. The second-order valence-electron chi connectivity index (χ2n) is 7.26. The van der Waals surface area contributed by atoms with Crippen molar-refractivity contribution in [2.24, 2.45) is 5.73 Å². The molecule has 1 aromatic carbocycles. The van der Waals surface area contributed by atoms with E-state index in [4.69, 9.17) is 5.73 Å². The van der Waals surface area contributed by atoms with Gasteiger partial charge in [-0.1, -0.05) is 34.5 Å². The summed E-state index contributed by atoms with van der Waals surface area (Å²) in [6, 6.07) is 9.11. The molecule has 3 rings (SSSR count). The fourth-order valence-corrected chi connectivity index (χ4v) is 4.26. The molecule has 2 saturated heterocycles. The molecule has 2 heterocycles. The van der Waals surface area contributed by atoms with E-state index >= 15 is 0 Å². The number of piperidine rings is 2. The standard InChI is InChI=1S/C18H26BrN3O.2ClH/c1-18(20,12-6-8-13(19)9-7-12)17(23)21-14-10-15-4-3-5-16(11-14)22(15)2;;/h6-9,14-16H,3-5,10-11,20H2,1-2H3,(H,21,23);2*1H. The zero-order valence-electron chi connectivity index (χ0n) is 14.7. The molecule has 0 aromatic heterocycles. The van der Waals surface area contributed by atoms with Crippen molar-refractivity contribution in [1.82, 2.24) is 10.2 Å². The predicted octanol–water partition coefficient (Wildman–Crippen LogP) is 3.60. The Balaban J connectivity index is 0.00000156. The fraction of sp³-hybridized carbons (Fsp3) is 0.611. The Hall–Kier alpha value is -0.330. The monoisotopic (exact) mass is 451 g/mol. The van der Waals surface area contributed by atoms with Crippen molar-refractivity contribution in [2.75, 3.05) is 7.05 Å². The number of amides is 1. The third-order valence-corrected chi connectivity index (χ3v) is 6.12. The number of halogens is 3. The first kappa shape index (κ1) is 22.7. The Bertz CT molecular complexity index is 568. The van der Waals surface area contributed by atoms with E-state index in [-0.39, 0.29) is 36.8 Å². The fourth-order valence-electron chi connectivity index (χ4n) is 4.00. The smallest absolute Gasteiger partial charge is 0.244 e. The number of carbonyl (C=O) groups is 1. The zero-order chi connectivity index (χ0) is 16.6. The first-order valence-corrected chi connectivity index (χ1v) is 9.25. The number of hydrogen-bond acceptors (Lipinski definition) is 3. The quantitative estimate of drug-likeness (QED) is 0.736. The summed E-state index contributed by atoms with van der Waals surface area (Å²) in [4.78, 5) is 15.3. The average molecular weight is 453 g/mol. The molecular weight excluding hydrogens is 425 g/mol. The molecule has 1 aromatic rings. The van der Waals surface area contributed by atoms with Crippen LogP contribution in [0.1, 0.15) is 44.6 Å². The highest BCUT2D eigenvalue weighted by Gasteiger charge is 2.38. The van der Waals surface area contributed by atoms with Crippen molar-refractivity contribution < 1.29 is 4.79 Å². The van der Waals surface area contributed by atoms with Crippen LogP contribution in [0.3, 0.4) is 0 Å². The van der Waals surface area contributed by atoms with Crippen LogP contribution in [0.5, 0.6) is 0 Å². The normalized spacial score (nSPS) is 28.1. The number of nitrogens with zero attached hydrogens (tertiary/aromatic N) is 1. The van der Waals surface area contributed by atoms with Gasteiger partial charge in [0, 0.05) is 22.6 Å². The van der Waals surface area contributed by atoms with Gasteiger partial charge in [-0.15, -0.1) is 24.8 Å². The number of rotatable bonds is 3. The third-order valence-electron chi connectivity index (χ3n) is 5.59. The molecular formula is C18H28BrCl2N3O. The first-order valence-electron chi connectivity index (χ1n) is 8.45. The Labute approximate surface area is 171 Å². The van der Waals surface area contributed by atoms with Gasteiger partial charge in [-0.3, -0.25) is 4.79 Å². The molecule has 4 nitrogen and oxygen atoms in total. The lowest BCUT2D eigenvalue weighted by molar-refractivity contribution is -0.127.